The van der Waals surface area contributed by atoms with Crippen LogP contribution in [0.15, 0.2) is 10.9 Å². The van der Waals surface area contributed by atoms with E-state index in [1.807, 2.05) is 14.0 Å². The first-order chi connectivity index (χ1) is 8.54. The number of aliphatic hydroxyl groups is 1. The summed E-state index contributed by atoms with van der Waals surface area (Å²) in [5, 5.41) is 15.3. The predicted molar refractivity (Wildman–Crippen MR) is 71.5 cm³/mol. The maximum atomic E-state index is 10.1. The molecule has 3 heterocycles. The lowest BCUT2D eigenvalue weighted by Gasteiger charge is -2.46. The first-order valence-electron chi connectivity index (χ1n) is 5.84. The minimum Gasteiger partial charge on any atom is -0.386 e. The third-order valence-electron chi connectivity index (χ3n) is 3.49. The highest BCUT2D eigenvalue weighted by molar-refractivity contribution is 9.10. The summed E-state index contributed by atoms with van der Waals surface area (Å²) in [6, 6.07) is 0. The summed E-state index contributed by atoms with van der Waals surface area (Å²) in [7, 11) is 1.85. The van der Waals surface area contributed by atoms with Crippen LogP contribution in [0.3, 0.4) is 0 Å². The molecule has 0 aliphatic carbocycles. The van der Waals surface area contributed by atoms with Crippen molar-refractivity contribution in [1.82, 2.24) is 19.7 Å². The van der Waals surface area contributed by atoms with E-state index >= 15 is 0 Å². The van der Waals surface area contributed by atoms with Gasteiger partial charge in [-0.15, -0.1) is 0 Å². The normalized spacial score (nSPS) is 18.1. The first kappa shape index (κ1) is 11.9. The zero-order chi connectivity index (χ0) is 12.9. The van der Waals surface area contributed by atoms with E-state index in [1.165, 1.54) is 6.33 Å². The van der Waals surface area contributed by atoms with Crippen molar-refractivity contribution in [3.8, 4) is 0 Å². The second kappa shape index (κ2) is 3.89. The van der Waals surface area contributed by atoms with Crippen molar-refractivity contribution in [3.63, 3.8) is 0 Å². The van der Waals surface area contributed by atoms with Crippen molar-refractivity contribution in [2.45, 2.75) is 18.9 Å². The van der Waals surface area contributed by atoms with Crippen LogP contribution in [0.1, 0.15) is 13.3 Å². The van der Waals surface area contributed by atoms with E-state index in [4.69, 9.17) is 0 Å². The molecule has 0 saturated carbocycles. The molecule has 3 rings (SSSR count). The van der Waals surface area contributed by atoms with E-state index in [1.54, 1.807) is 4.68 Å². The molecular weight excluding hydrogens is 298 g/mol. The molecule has 1 aliphatic heterocycles. The van der Waals surface area contributed by atoms with E-state index in [0.717, 1.165) is 27.9 Å². The quantitative estimate of drug-likeness (QED) is 0.899. The van der Waals surface area contributed by atoms with E-state index in [-0.39, 0.29) is 0 Å². The molecule has 7 heteroatoms. The lowest BCUT2D eigenvalue weighted by atomic mass is 9.91. The summed E-state index contributed by atoms with van der Waals surface area (Å²) < 4.78 is 2.46. The van der Waals surface area contributed by atoms with Crippen LogP contribution in [-0.4, -0.2) is 43.5 Å². The third-order valence-corrected chi connectivity index (χ3v) is 4.04. The lowest BCUT2D eigenvalue weighted by molar-refractivity contribution is 0.00823. The molecule has 1 aliphatic rings. The van der Waals surface area contributed by atoms with Gasteiger partial charge in [0.1, 0.15) is 16.7 Å². The van der Waals surface area contributed by atoms with Gasteiger partial charge in [-0.1, -0.05) is 6.92 Å². The maximum absolute atomic E-state index is 10.1. The smallest absolute Gasteiger partial charge is 0.164 e. The number of nitrogens with zero attached hydrogens (tertiary/aromatic N) is 5. The second-order valence-corrected chi connectivity index (χ2v) is 5.50. The lowest BCUT2D eigenvalue weighted by Crippen LogP contribution is -2.61. The molecule has 0 unspecified atom stereocenters. The SMILES string of the molecule is CCC1(O)CN(c2ncnc3c2c(Br)nn3C)C1. The second-order valence-electron chi connectivity index (χ2n) is 4.74. The van der Waals surface area contributed by atoms with Crippen molar-refractivity contribution >= 4 is 32.8 Å². The molecule has 18 heavy (non-hydrogen) atoms. The maximum Gasteiger partial charge on any atom is 0.164 e. The number of hydrogen-bond acceptors (Lipinski definition) is 5. The molecule has 96 valence electrons. The van der Waals surface area contributed by atoms with Gasteiger partial charge in [-0.05, 0) is 22.4 Å². The van der Waals surface area contributed by atoms with Crippen LogP contribution < -0.4 is 4.90 Å². The van der Waals surface area contributed by atoms with Crippen molar-refractivity contribution < 1.29 is 5.11 Å². The van der Waals surface area contributed by atoms with Gasteiger partial charge in [0, 0.05) is 20.1 Å². The van der Waals surface area contributed by atoms with Crippen molar-refractivity contribution in [3.05, 3.63) is 10.9 Å². The van der Waals surface area contributed by atoms with Crippen LogP contribution in [0, 0.1) is 0 Å². The summed E-state index contributed by atoms with van der Waals surface area (Å²) in [5.74, 6) is 0.832. The zero-order valence-corrected chi connectivity index (χ0v) is 11.8. The number of aryl methyl sites for hydroxylation is 1. The highest BCUT2D eigenvalue weighted by Gasteiger charge is 2.41. The van der Waals surface area contributed by atoms with Gasteiger partial charge < -0.3 is 10.0 Å². The molecule has 2 aromatic heterocycles. The highest BCUT2D eigenvalue weighted by Crippen LogP contribution is 2.35. The van der Waals surface area contributed by atoms with Crippen LogP contribution in [-0.2, 0) is 7.05 Å². The minimum absolute atomic E-state index is 0.577. The molecule has 0 bridgehead atoms. The molecule has 0 amide bonds. The topological polar surface area (TPSA) is 67.1 Å². The number of aromatic nitrogens is 4. The summed E-state index contributed by atoms with van der Waals surface area (Å²) in [6.07, 6.45) is 2.29. The van der Waals surface area contributed by atoms with Crippen molar-refractivity contribution in [2.24, 2.45) is 7.05 Å². The van der Waals surface area contributed by atoms with Gasteiger partial charge in [-0.25, -0.2) is 14.6 Å². The average molecular weight is 312 g/mol. The van der Waals surface area contributed by atoms with Gasteiger partial charge in [0.25, 0.3) is 0 Å². The average Bonchev–Trinajstić information content (AvgIpc) is 2.61. The summed E-state index contributed by atoms with van der Waals surface area (Å²) in [6.45, 7) is 3.21. The van der Waals surface area contributed by atoms with Gasteiger partial charge in [-0.3, -0.25) is 0 Å². The molecular formula is C11H14BrN5O. The van der Waals surface area contributed by atoms with Gasteiger partial charge >= 0.3 is 0 Å². The summed E-state index contributed by atoms with van der Waals surface area (Å²) in [5.41, 5.74) is 0.213. The molecule has 1 N–H and O–H groups in total. The van der Waals surface area contributed by atoms with Crippen molar-refractivity contribution in [1.29, 1.82) is 0 Å². The van der Waals surface area contributed by atoms with Crippen LogP contribution in [0.2, 0.25) is 0 Å². The Morgan fingerprint density at radius 1 is 1.44 bits per heavy atom. The van der Waals surface area contributed by atoms with E-state index in [9.17, 15) is 5.11 Å². The number of hydrogen-bond donors (Lipinski definition) is 1. The fourth-order valence-electron chi connectivity index (χ4n) is 2.30. The zero-order valence-electron chi connectivity index (χ0n) is 10.3. The van der Waals surface area contributed by atoms with Crippen molar-refractivity contribution in [2.75, 3.05) is 18.0 Å². The third kappa shape index (κ3) is 1.61. The van der Waals surface area contributed by atoms with Crippen LogP contribution in [0.5, 0.6) is 0 Å². The molecule has 0 spiro atoms. The highest BCUT2D eigenvalue weighted by atomic mass is 79.9. The fraction of sp³-hybridized carbons (Fsp3) is 0.545. The largest absolute Gasteiger partial charge is 0.386 e. The Morgan fingerprint density at radius 2 is 2.17 bits per heavy atom. The minimum atomic E-state index is -0.577. The molecule has 0 radical (unpaired) electrons. The molecule has 2 aromatic rings. The standard InChI is InChI=1S/C11H14BrN5O/c1-3-11(18)4-17(5-11)10-7-8(12)15-16(2)9(7)13-6-14-10/h6,18H,3-5H2,1-2H3. The number of fused-ring (bicyclic) bond motifs is 1. The summed E-state index contributed by atoms with van der Waals surface area (Å²) >= 11 is 3.43. The Kier molecular flexibility index (Phi) is 2.56. The predicted octanol–water partition coefficient (Wildman–Crippen LogP) is 1.09. The molecule has 1 fully saturated rings. The molecule has 0 aromatic carbocycles. The van der Waals surface area contributed by atoms with Crippen LogP contribution >= 0.6 is 15.9 Å². The first-order valence-corrected chi connectivity index (χ1v) is 6.64. The molecule has 1 saturated heterocycles. The van der Waals surface area contributed by atoms with E-state index < -0.39 is 5.60 Å². The Bertz CT molecular complexity index is 605. The number of anilines is 1. The van der Waals surface area contributed by atoms with Gasteiger partial charge in [0.05, 0.1) is 11.0 Å². The Hall–Kier alpha value is -1.21. The Morgan fingerprint density at radius 3 is 2.83 bits per heavy atom. The Labute approximate surface area is 113 Å². The number of β-amino-alcohol motifs (C(OH)–C–C–N with tert-alkyl or cyclic N) is 1. The fourth-order valence-corrected chi connectivity index (χ4v) is 2.90. The summed E-state index contributed by atoms with van der Waals surface area (Å²) in [4.78, 5) is 10.6. The molecule has 0 atom stereocenters. The van der Waals surface area contributed by atoms with Crippen LogP contribution in [0.25, 0.3) is 11.0 Å². The van der Waals surface area contributed by atoms with E-state index in [0.29, 0.717) is 13.1 Å². The van der Waals surface area contributed by atoms with Gasteiger partial charge in [0.15, 0.2) is 5.65 Å². The van der Waals surface area contributed by atoms with Gasteiger partial charge in [-0.2, -0.15) is 5.10 Å². The number of rotatable bonds is 2. The van der Waals surface area contributed by atoms with E-state index in [2.05, 4.69) is 35.9 Å². The monoisotopic (exact) mass is 311 g/mol. The number of halogens is 1. The van der Waals surface area contributed by atoms with Gasteiger partial charge in [0.2, 0.25) is 0 Å². The molecule has 6 nitrogen and oxygen atoms in total. The Balaban J connectivity index is 2.04. The van der Waals surface area contributed by atoms with Crippen LogP contribution in [0.4, 0.5) is 5.82 Å².